The van der Waals surface area contributed by atoms with Crippen LogP contribution in [0.15, 0.2) is 72.9 Å². The van der Waals surface area contributed by atoms with E-state index in [-0.39, 0.29) is 23.8 Å². The van der Waals surface area contributed by atoms with Crippen LogP contribution in [0.3, 0.4) is 0 Å². The molecule has 9 nitrogen and oxygen atoms in total. The average molecular weight is 623 g/mol. The highest BCUT2D eigenvalue weighted by Crippen LogP contribution is 2.32. The molecule has 9 heteroatoms. The van der Waals surface area contributed by atoms with Crippen LogP contribution in [0.5, 0.6) is 0 Å². The third-order valence-electron chi connectivity index (χ3n) is 9.01. The van der Waals surface area contributed by atoms with Gasteiger partial charge in [-0.15, -0.1) is 0 Å². The summed E-state index contributed by atoms with van der Waals surface area (Å²) in [4.78, 5) is 48.2. The van der Waals surface area contributed by atoms with Gasteiger partial charge in [-0.1, -0.05) is 55.5 Å². The molecule has 1 fully saturated rings. The molecule has 1 aromatic heterocycles. The van der Waals surface area contributed by atoms with Crippen molar-refractivity contribution >= 4 is 34.4 Å². The number of carbonyl (C=O) groups excluding carboxylic acids is 3. The first kappa shape index (κ1) is 32.8. The highest BCUT2D eigenvalue weighted by atomic mass is 16.2. The van der Waals surface area contributed by atoms with Gasteiger partial charge in [0, 0.05) is 49.2 Å². The van der Waals surface area contributed by atoms with Crippen LogP contribution < -0.4 is 16.0 Å². The van der Waals surface area contributed by atoms with Gasteiger partial charge >= 0.3 is 6.03 Å². The number of fused-ring (bicyclic) bond motifs is 1. The second-order valence-electron chi connectivity index (χ2n) is 12.6. The van der Waals surface area contributed by atoms with Crippen molar-refractivity contribution in [1.82, 2.24) is 25.4 Å². The van der Waals surface area contributed by atoms with Crippen molar-refractivity contribution < 1.29 is 14.4 Å². The van der Waals surface area contributed by atoms with Gasteiger partial charge in [0.15, 0.2) is 0 Å². The predicted octanol–water partition coefficient (Wildman–Crippen LogP) is 5.99. The molecule has 4 amide bonds. The van der Waals surface area contributed by atoms with Gasteiger partial charge in [-0.3, -0.25) is 9.59 Å². The maximum Gasteiger partial charge on any atom is 0.318 e. The fraction of sp³-hybridized carbons (Fsp3) is 0.378. The van der Waals surface area contributed by atoms with Crippen molar-refractivity contribution in [2.75, 3.05) is 39.0 Å². The summed E-state index contributed by atoms with van der Waals surface area (Å²) < 4.78 is 0. The normalized spacial score (nSPS) is 15.0. The number of anilines is 1. The van der Waals surface area contributed by atoms with Crippen molar-refractivity contribution in [2.24, 2.45) is 0 Å². The molecule has 1 aliphatic rings. The Morgan fingerprint density at radius 2 is 1.72 bits per heavy atom. The lowest BCUT2D eigenvalue weighted by Crippen LogP contribution is -2.53. The third kappa shape index (κ3) is 7.42. The number of aryl methyl sites for hydroxylation is 1. The standard InChI is InChI=1S/C37H46N6O3/c1-6-38-35(44)30-16-15-26(23-42(4)5)21-33(30)40-36(45)34(25(3)31-22-39-32-14-10-9-13-29(31)32)41-37(46)43-19-17-27(18-20-43)28-12-8-7-11-24(28)2/h7-16,21-22,25,27,34,39H,6,17-20,23H2,1-5H3,(H,38,44)(H,40,45)(H,41,46)/t25-,34+/m0/s1. The highest BCUT2D eigenvalue weighted by molar-refractivity contribution is 6.06. The maximum atomic E-state index is 14.2. The smallest absolute Gasteiger partial charge is 0.318 e. The van der Waals surface area contributed by atoms with Crippen LogP contribution in [0.4, 0.5) is 10.5 Å². The van der Waals surface area contributed by atoms with Gasteiger partial charge in [0.2, 0.25) is 5.91 Å². The van der Waals surface area contributed by atoms with Crippen molar-refractivity contribution in [3.05, 3.63) is 101 Å². The Bertz CT molecular complexity index is 1690. The number of aromatic amines is 1. The third-order valence-corrected chi connectivity index (χ3v) is 9.01. The zero-order valence-electron chi connectivity index (χ0n) is 27.5. The van der Waals surface area contributed by atoms with Crippen molar-refractivity contribution in [1.29, 1.82) is 0 Å². The molecule has 0 unspecified atom stereocenters. The van der Waals surface area contributed by atoms with Crippen LogP contribution in [0.2, 0.25) is 0 Å². The van der Waals surface area contributed by atoms with Crippen LogP contribution >= 0.6 is 0 Å². The Balaban J connectivity index is 1.41. The lowest BCUT2D eigenvalue weighted by atomic mass is 9.87. The molecule has 1 aliphatic heterocycles. The fourth-order valence-corrected chi connectivity index (χ4v) is 6.55. The predicted molar refractivity (Wildman–Crippen MR) is 184 cm³/mol. The molecule has 46 heavy (non-hydrogen) atoms. The first-order chi connectivity index (χ1) is 22.2. The number of hydrogen-bond acceptors (Lipinski definition) is 4. The van der Waals surface area contributed by atoms with Gasteiger partial charge in [-0.2, -0.15) is 0 Å². The van der Waals surface area contributed by atoms with Gasteiger partial charge < -0.3 is 30.7 Å². The molecular formula is C37H46N6O3. The molecular weight excluding hydrogens is 576 g/mol. The number of carbonyl (C=O) groups is 3. The molecule has 3 aromatic carbocycles. The van der Waals surface area contributed by atoms with E-state index >= 15 is 0 Å². The van der Waals surface area contributed by atoms with Crippen LogP contribution in [0.25, 0.3) is 10.9 Å². The minimum absolute atomic E-state index is 0.264. The molecule has 4 aromatic rings. The van der Waals surface area contributed by atoms with Crippen LogP contribution in [0.1, 0.15) is 71.1 Å². The number of H-pyrrole nitrogens is 1. The van der Waals surface area contributed by atoms with Gasteiger partial charge in [0.25, 0.3) is 5.91 Å². The number of benzene rings is 3. The lowest BCUT2D eigenvalue weighted by molar-refractivity contribution is -0.118. The molecule has 0 aliphatic carbocycles. The summed E-state index contributed by atoms with van der Waals surface area (Å²) in [5, 5.41) is 9.97. The van der Waals surface area contributed by atoms with Crippen molar-refractivity contribution in [2.45, 2.75) is 58.0 Å². The molecule has 0 spiro atoms. The van der Waals surface area contributed by atoms with Crippen molar-refractivity contribution in [3.63, 3.8) is 0 Å². The number of rotatable bonds is 10. The summed E-state index contributed by atoms with van der Waals surface area (Å²) in [6.07, 6.45) is 3.64. The fourth-order valence-electron chi connectivity index (χ4n) is 6.55. The summed E-state index contributed by atoms with van der Waals surface area (Å²) >= 11 is 0. The summed E-state index contributed by atoms with van der Waals surface area (Å²) in [5.74, 6) is -0.622. The number of hydrogen-bond donors (Lipinski definition) is 4. The molecule has 1 saturated heterocycles. The van der Waals surface area contributed by atoms with Crippen LogP contribution in [-0.2, 0) is 11.3 Å². The van der Waals surface area contributed by atoms with Gasteiger partial charge in [-0.25, -0.2) is 4.79 Å². The number of urea groups is 1. The topological polar surface area (TPSA) is 110 Å². The molecule has 2 atom stereocenters. The first-order valence-electron chi connectivity index (χ1n) is 16.2. The molecule has 0 bridgehead atoms. The Morgan fingerprint density at radius 1 is 1.00 bits per heavy atom. The number of amides is 4. The summed E-state index contributed by atoms with van der Waals surface area (Å²) in [6.45, 7) is 8.26. The molecule has 4 N–H and O–H groups in total. The van der Waals surface area contributed by atoms with Gasteiger partial charge in [0.05, 0.1) is 11.3 Å². The average Bonchev–Trinajstić information content (AvgIpc) is 3.48. The minimum Gasteiger partial charge on any atom is -0.361 e. The maximum absolute atomic E-state index is 14.2. The van der Waals surface area contributed by atoms with E-state index in [0.717, 1.165) is 34.9 Å². The number of likely N-dealkylation sites (tertiary alicyclic amines) is 1. The summed E-state index contributed by atoms with van der Waals surface area (Å²) in [5.41, 5.74) is 6.25. The van der Waals surface area contributed by atoms with E-state index in [4.69, 9.17) is 0 Å². The Kier molecular flexibility index (Phi) is 10.4. The summed E-state index contributed by atoms with van der Waals surface area (Å²) in [6, 6.07) is 20.7. The quantitative estimate of drug-likeness (QED) is 0.174. The number of nitrogens with one attached hydrogen (secondary N) is 4. The molecule has 0 radical (unpaired) electrons. The Morgan fingerprint density at radius 3 is 2.43 bits per heavy atom. The van der Waals surface area contributed by atoms with Crippen LogP contribution in [0, 0.1) is 6.92 Å². The van der Waals surface area contributed by atoms with Crippen LogP contribution in [-0.4, -0.2) is 72.4 Å². The number of aromatic nitrogens is 1. The molecule has 0 saturated carbocycles. The SMILES string of the molecule is CCNC(=O)c1ccc(CN(C)C)cc1NC(=O)[C@H](NC(=O)N1CCC(c2ccccc2C)CC1)[C@@H](C)c1c[nH]c2ccccc12. The Labute approximate surface area is 271 Å². The van der Waals surface area contributed by atoms with Gasteiger partial charge in [0.1, 0.15) is 6.04 Å². The second kappa shape index (κ2) is 14.6. The van der Waals surface area contributed by atoms with E-state index in [1.165, 1.54) is 11.1 Å². The minimum atomic E-state index is -0.902. The summed E-state index contributed by atoms with van der Waals surface area (Å²) in [7, 11) is 3.93. The van der Waals surface area contributed by atoms with E-state index in [1.807, 2.05) is 80.3 Å². The van der Waals surface area contributed by atoms with E-state index < -0.39 is 6.04 Å². The van der Waals surface area contributed by atoms with E-state index in [0.29, 0.717) is 43.3 Å². The number of piperidine rings is 1. The largest absolute Gasteiger partial charge is 0.361 e. The molecule has 242 valence electrons. The van der Waals surface area contributed by atoms with Gasteiger partial charge in [-0.05, 0) is 87.2 Å². The van der Waals surface area contributed by atoms with E-state index in [1.54, 1.807) is 6.07 Å². The lowest BCUT2D eigenvalue weighted by Gasteiger charge is -2.34. The monoisotopic (exact) mass is 622 g/mol. The second-order valence-corrected chi connectivity index (χ2v) is 12.6. The molecule has 2 heterocycles. The van der Waals surface area contributed by atoms with E-state index in [2.05, 4.69) is 52.1 Å². The van der Waals surface area contributed by atoms with Crippen molar-refractivity contribution in [3.8, 4) is 0 Å². The zero-order valence-corrected chi connectivity index (χ0v) is 27.5. The number of para-hydroxylation sites is 1. The first-order valence-corrected chi connectivity index (χ1v) is 16.2. The highest BCUT2D eigenvalue weighted by Gasteiger charge is 2.33. The Hall–Kier alpha value is -4.63. The zero-order chi connectivity index (χ0) is 32.8. The molecule has 5 rings (SSSR count). The number of nitrogens with zero attached hydrogens (tertiary/aromatic N) is 2. The van der Waals surface area contributed by atoms with E-state index in [9.17, 15) is 14.4 Å².